The molecule has 0 N–H and O–H groups in total. The topological polar surface area (TPSA) is 62.1 Å². The SMILES string of the molecule is CCn1c(C)c(C(=O)[O-])c(=O)c(-c2ccccc2)c1C. The first-order chi connectivity index (χ1) is 9.49. The molecule has 1 aromatic heterocycles. The number of carboxylic acid groups (broad SMARTS) is 1. The van der Waals surface area contributed by atoms with Crippen molar-refractivity contribution in [3.8, 4) is 11.1 Å². The smallest absolute Gasteiger partial charge is 0.198 e. The molecule has 0 atom stereocenters. The van der Waals surface area contributed by atoms with E-state index < -0.39 is 11.4 Å². The number of benzene rings is 1. The van der Waals surface area contributed by atoms with Crippen LogP contribution in [0.15, 0.2) is 35.1 Å². The van der Waals surface area contributed by atoms with Gasteiger partial charge in [0.25, 0.3) is 0 Å². The Balaban J connectivity index is 2.92. The van der Waals surface area contributed by atoms with Gasteiger partial charge in [-0.1, -0.05) is 30.3 Å². The molecule has 0 bridgehead atoms. The van der Waals surface area contributed by atoms with E-state index in [9.17, 15) is 14.7 Å². The first-order valence-electron chi connectivity index (χ1n) is 6.49. The highest BCUT2D eigenvalue weighted by atomic mass is 16.4. The number of hydrogen-bond donors (Lipinski definition) is 0. The number of carbonyl (C=O) groups excluding carboxylic acids is 1. The monoisotopic (exact) mass is 270 g/mol. The first-order valence-corrected chi connectivity index (χ1v) is 6.49. The van der Waals surface area contributed by atoms with Crippen LogP contribution in [-0.2, 0) is 6.54 Å². The summed E-state index contributed by atoms with van der Waals surface area (Å²) in [7, 11) is 0. The van der Waals surface area contributed by atoms with Crippen molar-refractivity contribution in [1.29, 1.82) is 0 Å². The van der Waals surface area contributed by atoms with Crippen molar-refractivity contribution in [3.05, 3.63) is 57.5 Å². The standard InChI is InChI=1S/C16H17NO3/c1-4-17-10(2)13(12-8-6-5-7-9-12)15(18)14(11(17)3)16(19)20/h5-9H,4H2,1-3H3,(H,19,20)/p-1. The predicted octanol–water partition coefficient (Wildman–Crippen LogP) is 1.52. The summed E-state index contributed by atoms with van der Waals surface area (Å²) in [6, 6.07) is 9.10. The van der Waals surface area contributed by atoms with Crippen LogP contribution in [-0.4, -0.2) is 10.5 Å². The van der Waals surface area contributed by atoms with Crippen LogP contribution in [0.3, 0.4) is 0 Å². The number of rotatable bonds is 3. The largest absolute Gasteiger partial charge is 0.545 e. The highest BCUT2D eigenvalue weighted by molar-refractivity contribution is 5.89. The third kappa shape index (κ3) is 2.13. The Labute approximate surface area is 117 Å². The molecule has 0 aliphatic carbocycles. The number of carbonyl (C=O) groups is 1. The molecule has 2 rings (SSSR count). The molecule has 0 spiro atoms. The van der Waals surface area contributed by atoms with Gasteiger partial charge in [-0.25, -0.2) is 0 Å². The van der Waals surface area contributed by atoms with Gasteiger partial charge in [0.2, 0.25) is 0 Å². The van der Waals surface area contributed by atoms with E-state index in [-0.39, 0.29) is 5.56 Å². The lowest BCUT2D eigenvalue weighted by molar-refractivity contribution is -0.255. The van der Waals surface area contributed by atoms with Crippen molar-refractivity contribution in [3.63, 3.8) is 0 Å². The summed E-state index contributed by atoms with van der Waals surface area (Å²) in [6.07, 6.45) is 0. The number of aromatic nitrogens is 1. The van der Waals surface area contributed by atoms with Gasteiger partial charge in [-0.2, -0.15) is 0 Å². The Morgan fingerprint density at radius 3 is 2.25 bits per heavy atom. The van der Waals surface area contributed by atoms with Crippen LogP contribution < -0.4 is 10.5 Å². The minimum atomic E-state index is -1.42. The lowest BCUT2D eigenvalue weighted by Gasteiger charge is -2.20. The fraction of sp³-hybridized carbons (Fsp3) is 0.250. The highest BCUT2D eigenvalue weighted by Crippen LogP contribution is 2.22. The molecule has 0 aliphatic rings. The van der Waals surface area contributed by atoms with E-state index in [1.54, 1.807) is 19.1 Å². The van der Waals surface area contributed by atoms with Gasteiger partial charge in [0.15, 0.2) is 5.43 Å². The van der Waals surface area contributed by atoms with Gasteiger partial charge >= 0.3 is 0 Å². The van der Waals surface area contributed by atoms with E-state index in [2.05, 4.69) is 0 Å². The summed E-state index contributed by atoms with van der Waals surface area (Å²) in [5.41, 5.74) is 1.63. The molecule has 0 saturated carbocycles. The molecule has 4 nitrogen and oxygen atoms in total. The minimum absolute atomic E-state index is 0.253. The minimum Gasteiger partial charge on any atom is -0.545 e. The van der Waals surface area contributed by atoms with Crippen molar-refractivity contribution in [2.45, 2.75) is 27.3 Å². The maximum absolute atomic E-state index is 12.5. The molecule has 1 heterocycles. The van der Waals surface area contributed by atoms with Crippen LogP contribution in [0.2, 0.25) is 0 Å². The number of aromatic carboxylic acids is 1. The van der Waals surface area contributed by atoms with Gasteiger partial charge in [0, 0.05) is 23.5 Å². The molecule has 2 aromatic rings. The third-order valence-corrected chi connectivity index (χ3v) is 3.57. The Morgan fingerprint density at radius 1 is 1.15 bits per heavy atom. The number of hydrogen-bond acceptors (Lipinski definition) is 3. The lowest BCUT2D eigenvalue weighted by Crippen LogP contribution is -2.33. The summed E-state index contributed by atoms with van der Waals surface area (Å²) in [4.78, 5) is 23.8. The molecule has 0 unspecified atom stereocenters. The van der Waals surface area contributed by atoms with E-state index >= 15 is 0 Å². The van der Waals surface area contributed by atoms with Crippen LogP contribution in [0.4, 0.5) is 0 Å². The van der Waals surface area contributed by atoms with E-state index in [1.165, 1.54) is 0 Å². The molecule has 0 radical (unpaired) electrons. The molecule has 1 aromatic carbocycles. The van der Waals surface area contributed by atoms with Gasteiger partial charge in [-0.05, 0) is 26.3 Å². The first kappa shape index (κ1) is 14.1. The van der Waals surface area contributed by atoms with Crippen molar-refractivity contribution in [2.24, 2.45) is 0 Å². The zero-order chi connectivity index (χ0) is 14.9. The fourth-order valence-corrected chi connectivity index (χ4v) is 2.63. The van der Waals surface area contributed by atoms with Gasteiger partial charge < -0.3 is 14.5 Å². The number of carboxylic acids is 1. The molecule has 0 aliphatic heterocycles. The average molecular weight is 270 g/mol. The summed E-state index contributed by atoms with van der Waals surface area (Å²) in [6.45, 7) is 5.98. The quantitative estimate of drug-likeness (QED) is 0.849. The van der Waals surface area contributed by atoms with E-state index in [0.717, 1.165) is 11.3 Å². The van der Waals surface area contributed by atoms with E-state index in [4.69, 9.17) is 0 Å². The Bertz CT molecular complexity index is 715. The van der Waals surface area contributed by atoms with Gasteiger partial charge in [-0.15, -0.1) is 0 Å². The van der Waals surface area contributed by atoms with Crippen LogP contribution in [0.25, 0.3) is 11.1 Å². The third-order valence-electron chi connectivity index (χ3n) is 3.57. The van der Waals surface area contributed by atoms with Gasteiger partial charge in [-0.3, -0.25) is 4.79 Å². The Hall–Kier alpha value is -2.36. The number of nitrogens with zero attached hydrogens (tertiary/aromatic N) is 1. The number of pyridine rings is 1. The van der Waals surface area contributed by atoms with Gasteiger partial charge in [0.05, 0.1) is 11.5 Å². The van der Waals surface area contributed by atoms with Crippen molar-refractivity contribution >= 4 is 5.97 Å². The van der Waals surface area contributed by atoms with Crippen LogP contribution in [0.1, 0.15) is 28.7 Å². The zero-order valence-corrected chi connectivity index (χ0v) is 11.8. The summed E-state index contributed by atoms with van der Waals surface area (Å²) >= 11 is 0. The predicted molar refractivity (Wildman–Crippen MR) is 75.6 cm³/mol. The molecule has 0 amide bonds. The molecule has 4 heteroatoms. The molecule has 20 heavy (non-hydrogen) atoms. The maximum atomic E-state index is 12.5. The molecule has 0 saturated heterocycles. The summed E-state index contributed by atoms with van der Waals surface area (Å²) in [5, 5.41) is 11.3. The zero-order valence-electron chi connectivity index (χ0n) is 11.8. The second kappa shape index (κ2) is 5.33. The Kier molecular flexibility index (Phi) is 3.74. The maximum Gasteiger partial charge on any atom is 0.198 e. The molecule has 104 valence electrons. The van der Waals surface area contributed by atoms with Crippen LogP contribution >= 0.6 is 0 Å². The molecular formula is C16H16NO3-. The summed E-state index contributed by atoms with van der Waals surface area (Å²) < 4.78 is 1.83. The van der Waals surface area contributed by atoms with Crippen LogP contribution in [0.5, 0.6) is 0 Å². The average Bonchev–Trinajstić information content (AvgIpc) is 2.39. The fourth-order valence-electron chi connectivity index (χ4n) is 2.63. The second-order valence-corrected chi connectivity index (χ2v) is 4.65. The van der Waals surface area contributed by atoms with E-state index in [1.807, 2.05) is 36.6 Å². The molecule has 0 fully saturated rings. The van der Waals surface area contributed by atoms with Gasteiger partial charge in [0.1, 0.15) is 0 Å². The highest BCUT2D eigenvalue weighted by Gasteiger charge is 2.17. The molecular weight excluding hydrogens is 254 g/mol. The van der Waals surface area contributed by atoms with E-state index in [0.29, 0.717) is 17.8 Å². The normalized spacial score (nSPS) is 10.6. The van der Waals surface area contributed by atoms with Crippen molar-refractivity contribution in [2.75, 3.05) is 0 Å². The summed E-state index contributed by atoms with van der Waals surface area (Å²) in [5.74, 6) is -1.42. The second-order valence-electron chi connectivity index (χ2n) is 4.65. The van der Waals surface area contributed by atoms with Crippen LogP contribution in [0, 0.1) is 13.8 Å². The van der Waals surface area contributed by atoms with Crippen molar-refractivity contribution in [1.82, 2.24) is 4.57 Å². The lowest BCUT2D eigenvalue weighted by atomic mass is 9.99. The Morgan fingerprint density at radius 2 is 1.75 bits per heavy atom. The van der Waals surface area contributed by atoms with Crippen molar-refractivity contribution < 1.29 is 9.90 Å².